The van der Waals surface area contributed by atoms with Gasteiger partial charge in [0.25, 0.3) is 0 Å². The predicted molar refractivity (Wildman–Crippen MR) is 122 cm³/mol. The molecular formula is C24H34FN3S. The number of piperidine rings is 2. The molecular weight excluding hydrogens is 381 g/mol. The van der Waals surface area contributed by atoms with E-state index in [0.29, 0.717) is 11.8 Å². The number of likely N-dealkylation sites (N-methyl/N-ethyl adjacent to an activating group) is 1. The second kappa shape index (κ2) is 9.03. The highest BCUT2D eigenvalue weighted by Crippen LogP contribution is 2.36. The van der Waals surface area contributed by atoms with Crippen molar-refractivity contribution in [2.75, 3.05) is 33.2 Å². The van der Waals surface area contributed by atoms with Gasteiger partial charge in [-0.2, -0.15) is 0 Å². The van der Waals surface area contributed by atoms with E-state index >= 15 is 0 Å². The Morgan fingerprint density at radius 1 is 1.10 bits per heavy atom. The molecule has 3 heterocycles. The summed E-state index contributed by atoms with van der Waals surface area (Å²) < 4.78 is 13.5. The van der Waals surface area contributed by atoms with Crippen LogP contribution < -0.4 is 0 Å². The van der Waals surface area contributed by atoms with E-state index in [1.165, 1.54) is 30.7 Å². The third-order valence-corrected chi connectivity index (χ3v) is 7.69. The van der Waals surface area contributed by atoms with Crippen molar-refractivity contribution in [2.24, 2.45) is 11.8 Å². The molecule has 3 aliphatic heterocycles. The van der Waals surface area contributed by atoms with Gasteiger partial charge in [0.05, 0.1) is 6.04 Å². The van der Waals surface area contributed by atoms with Crippen molar-refractivity contribution in [3.63, 3.8) is 0 Å². The molecule has 2 fully saturated rings. The average Bonchev–Trinajstić information content (AvgIpc) is 2.74. The van der Waals surface area contributed by atoms with E-state index in [1.54, 1.807) is 12.2 Å². The van der Waals surface area contributed by atoms with Gasteiger partial charge < -0.3 is 14.7 Å². The Morgan fingerprint density at radius 2 is 1.83 bits per heavy atom. The molecule has 0 radical (unpaired) electrons. The van der Waals surface area contributed by atoms with Gasteiger partial charge in [0.15, 0.2) is 0 Å². The number of rotatable bonds is 3. The van der Waals surface area contributed by atoms with Gasteiger partial charge in [0.1, 0.15) is 16.6 Å². The van der Waals surface area contributed by atoms with Gasteiger partial charge in [-0.15, -0.1) is 0 Å². The molecule has 0 aromatic rings. The summed E-state index contributed by atoms with van der Waals surface area (Å²) in [7, 11) is 2.19. The lowest BCUT2D eigenvalue weighted by molar-refractivity contribution is 0.187. The van der Waals surface area contributed by atoms with Gasteiger partial charge in [0.2, 0.25) is 0 Å². The summed E-state index contributed by atoms with van der Waals surface area (Å²) in [5.74, 6) is 2.38. The van der Waals surface area contributed by atoms with Crippen molar-refractivity contribution < 1.29 is 4.39 Å². The second-order valence-electron chi connectivity index (χ2n) is 9.00. The number of nitrogens with zero attached hydrogens (tertiary/aromatic N) is 3. The first-order valence-electron chi connectivity index (χ1n) is 11.2. The molecule has 4 rings (SSSR count). The zero-order chi connectivity index (χ0) is 20.4. The van der Waals surface area contributed by atoms with E-state index in [9.17, 15) is 4.39 Å². The second-order valence-corrected chi connectivity index (χ2v) is 9.41. The minimum Gasteiger partial charge on any atom is -0.364 e. The zero-order valence-corrected chi connectivity index (χ0v) is 18.6. The van der Waals surface area contributed by atoms with E-state index in [4.69, 9.17) is 12.2 Å². The molecule has 5 heteroatoms. The Bertz CT molecular complexity index is 739. The average molecular weight is 416 g/mol. The van der Waals surface area contributed by atoms with Crippen LogP contribution in [-0.2, 0) is 0 Å². The zero-order valence-electron chi connectivity index (χ0n) is 17.8. The molecule has 158 valence electrons. The Labute approximate surface area is 180 Å². The van der Waals surface area contributed by atoms with Crippen LogP contribution in [-0.4, -0.2) is 59.0 Å². The lowest BCUT2D eigenvalue weighted by Gasteiger charge is -2.44. The third-order valence-electron chi connectivity index (χ3n) is 7.19. The van der Waals surface area contributed by atoms with Crippen LogP contribution in [0.2, 0.25) is 0 Å². The fourth-order valence-electron chi connectivity index (χ4n) is 5.42. The van der Waals surface area contributed by atoms with Crippen LogP contribution in [0, 0.1) is 11.8 Å². The van der Waals surface area contributed by atoms with Crippen molar-refractivity contribution in [1.29, 1.82) is 0 Å². The molecule has 0 aromatic heterocycles. The Morgan fingerprint density at radius 3 is 2.52 bits per heavy atom. The molecule has 0 saturated carbocycles. The summed E-state index contributed by atoms with van der Waals surface area (Å²) in [6.07, 6.45) is 17.2. The topological polar surface area (TPSA) is 9.72 Å². The highest BCUT2D eigenvalue weighted by molar-refractivity contribution is 7.80. The highest BCUT2D eigenvalue weighted by atomic mass is 32.1. The molecule has 0 spiro atoms. The van der Waals surface area contributed by atoms with Gasteiger partial charge in [0, 0.05) is 33.2 Å². The van der Waals surface area contributed by atoms with Crippen LogP contribution in [0.25, 0.3) is 0 Å². The van der Waals surface area contributed by atoms with Crippen molar-refractivity contribution >= 4 is 17.2 Å². The van der Waals surface area contributed by atoms with E-state index < -0.39 is 0 Å². The van der Waals surface area contributed by atoms with Crippen LogP contribution in [0.3, 0.4) is 0 Å². The van der Waals surface area contributed by atoms with Crippen LogP contribution in [0.15, 0.2) is 47.6 Å². The standard InChI is InChI=1S/C24H34FN3S/c1-18-17-20(25)9-10-21(18)19-11-15-28(16-12-19)24(29)22-7-6-8-23(26(22)2)27-13-4-3-5-14-27/h6-9,17,19,21-22H,3-5,10-16H2,1-2H3. The Balaban J connectivity index is 1.34. The van der Waals surface area contributed by atoms with E-state index in [-0.39, 0.29) is 11.9 Å². The monoisotopic (exact) mass is 415 g/mol. The van der Waals surface area contributed by atoms with Gasteiger partial charge in [-0.3, -0.25) is 0 Å². The van der Waals surface area contributed by atoms with Crippen molar-refractivity contribution in [3.8, 4) is 0 Å². The van der Waals surface area contributed by atoms with Crippen LogP contribution in [0.4, 0.5) is 4.39 Å². The Kier molecular flexibility index (Phi) is 6.43. The molecule has 0 amide bonds. The minimum absolute atomic E-state index is 0.0675. The van der Waals surface area contributed by atoms with Crippen LogP contribution >= 0.6 is 12.2 Å². The minimum atomic E-state index is -0.0675. The number of thiocarbonyl (C=S) groups is 1. The predicted octanol–water partition coefficient (Wildman–Crippen LogP) is 5.04. The Hall–Kier alpha value is -1.62. The van der Waals surface area contributed by atoms with Gasteiger partial charge in [-0.1, -0.05) is 29.9 Å². The summed E-state index contributed by atoms with van der Waals surface area (Å²) in [4.78, 5) is 8.34. The lowest BCUT2D eigenvalue weighted by atomic mass is 9.76. The van der Waals surface area contributed by atoms with Crippen molar-refractivity contribution in [1.82, 2.24) is 14.7 Å². The molecule has 2 saturated heterocycles. The number of allylic oxidation sites excluding steroid dienone is 6. The normalized spacial score (nSPS) is 28.8. The van der Waals surface area contributed by atoms with E-state index in [0.717, 1.165) is 50.4 Å². The maximum atomic E-state index is 13.5. The van der Waals surface area contributed by atoms with Gasteiger partial charge in [-0.05, 0) is 75.5 Å². The SMILES string of the molecule is CC1=CC(F)=CCC1C1CCN(C(=S)C2C=CC=C(N3CCCCC3)N2C)CC1. The summed E-state index contributed by atoms with van der Waals surface area (Å²) in [5, 5.41) is 0. The highest BCUT2D eigenvalue weighted by Gasteiger charge is 2.33. The summed E-state index contributed by atoms with van der Waals surface area (Å²) in [6, 6.07) is 0.164. The first-order chi connectivity index (χ1) is 14.0. The molecule has 4 aliphatic rings. The van der Waals surface area contributed by atoms with Crippen molar-refractivity contribution in [3.05, 3.63) is 47.6 Å². The molecule has 0 N–H and O–H groups in total. The number of hydrogen-bond donors (Lipinski definition) is 0. The molecule has 29 heavy (non-hydrogen) atoms. The van der Waals surface area contributed by atoms with Gasteiger partial charge in [-0.25, -0.2) is 4.39 Å². The first-order valence-corrected chi connectivity index (χ1v) is 11.6. The van der Waals surface area contributed by atoms with Crippen molar-refractivity contribution in [2.45, 2.75) is 51.5 Å². The van der Waals surface area contributed by atoms with E-state index in [2.05, 4.69) is 46.9 Å². The largest absolute Gasteiger partial charge is 0.364 e. The summed E-state index contributed by atoms with van der Waals surface area (Å²) in [6.45, 7) is 6.42. The molecule has 0 aromatic carbocycles. The summed E-state index contributed by atoms with van der Waals surface area (Å²) in [5.41, 5.74) is 1.21. The van der Waals surface area contributed by atoms with Crippen LogP contribution in [0.1, 0.15) is 45.4 Å². The van der Waals surface area contributed by atoms with Gasteiger partial charge >= 0.3 is 0 Å². The fourth-order valence-corrected chi connectivity index (χ4v) is 5.84. The van der Waals surface area contributed by atoms with E-state index in [1.807, 2.05) is 0 Å². The third kappa shape index (κ3) is 4.45. The number of halogens is 1. The molecule has 3 nitrogen and oxygen atoms in total. The summed E-state index contributed by atoms with van der Waals surface area (Å²) >= 11 is 5.98. The van der Waals surface area contributed by atoms with Crippen LogP contribution in [0.5, 0.6) is 0 Å². The number of hydrogen-bond acceptors (Lipinski definition) is 3. The quantitative estimate of drug-likeness (QED) is 0.597. The maximum Gasteiger partial charge on any atom is 0.119 e. The smallest absolute Gasteiger partial charge is 0.119 e. The lowest BCUT2D eigenvalue weighted by Crippen LogP contribution is -2.51. The first kappa shape index (κ1) is 20.6. The fraction of sp³-hybridized carbons (Fsp3) is 0.625. The maximum absolute atomic E-state index is 13.5. The molecule has 2 atom stereocenters. The number of likely N-dealkylation sites (tertiary alicyclic amines) is 2. The molecule has 0 bridgehead atoms. The molecule has 2 unspecified atom stereocenters. The molecule has 1 aliphatic carbocycles.